The molecule has 0 aromatic heterocycles. The van der Waals surface area contributed by atoms with Crippen molar-refractivity contribution in [2.24, 2.45) is 0 Å². The van der Waals surface area contributed by atoms with Gasteiger partial charge in [-0.15, -0.1) is 0 Å². The van der Waals surface area contributed by atoms with Crippen LogP contribution in [0, 0.1) is 0 Å². The number of carbonyl (C=O) groups excluding carboxylic acids is 4. The molecular formula is C15H14Cl2N2O5. The summed E-state index contributed by atoms with van der Waals surface area (Å²) in [5, 5.41) is 0.261. The minimum atomic E-state index is -1.02. The second-order valence-electron chi connectivity index (χ2n) is 5.37. The van der Waals surface area contributed by atoms with Crippen molar-refractivity contribution >= 4 is 46.9 Å². The largest absolute Gasteiger partial charge is 0.451 e. The number of amides is 3. The number of benzene rings is 1. The first-order valence-electron chi connectivity index (χ1n) is 6.89. The first-order valence-corrected chi connectivity index (χ1v) is 7.65. The normalized spacial score (nSPS) is 14.5. The number of carbonyl (C=O) groups is 4. The van der Waals surface area contributed by atoms with Crippen LogP contribution in [0.15, 0.2) is 12.1 Å². The van der Waals surface area contributed by atoms with Crippen LogP contribution < -0.4 is 0 Å². The summed E-state index contributed by atoms with van der Waals surface area (Å²) in [6, 6.07) is 2.56. The van der Waals surface area contributed by atoms with E-state index in [0.717, 1.165) is 4.90 Å². The SMILES string of the molecule is C[C@H](OC(=O)CN1C(=O)c2cc(Cl)c(Cl)cc2C1=O)C(=O)N(C)C. The number of likely N-dealkylation sites (N-methyl/N-ethyl adjacent to an activating group) is 1. The molecule has 1 aliphatic rings. The average Bonchev–Trinajstić information content (AvgIpc) is 2.72. The molecule has 1 aliphatic heterocycles. The Kier molecular flexibility index (Phi) is 5.15. The Balaban J connectivity index is 2.12. The van der Waals surface area contributed by atoms with Gasteiger partial charge in [0.05, 0.1) is 21.2 Å². The first-order chi connectivity index (χ1) is 11.1. The third kappa shape index (κ3) is 3.37. The molecule has 1 atom stereocenters. The summed E-state index contributed by atoms with van der Waals surface area (Å²) in [5.74, 6) is -2.62. The summed E-state index contributed by atoms with van der Waals surface area (Å²) in [5.41, 5.74) is 0.138. The van der Waals surface area contributed by atoms with Gasteiger partial charge in [-0.2, -0.15) is 0 Å². The number of nitrogens with zero attached hydrogens (tertiary/aromatic N) is 2. The zero-order chi connectivity index (χ0) is 18.2. The van der Waals surface area contributed by atoms with Gasteiger partial charge >= 0.3 is 5.97 Å². The summed E-state index contributed by atoms with van der Waals surface area (Å²) in [7, 11) is 3.04. The maximum absolute atomic E-state index is 12.3. The molecule has 0 unspecified atom stereocenters. The van der Waals surface area contributed by atoms with Crippen molar-refractivity contribution in [1.82, 2.24) is 9.80 Å². The highest BCUT2D eigenvalue weighted by Gasteiger charge is 2.38. The van der Waals surface area contributed by atoms with Crippen molar-refractivity contribution in [2.45, 2.75) is 13.0 Å². The van der Waals surface area contributed by atoms with E-state index in [1.807, 2.05) is 0 Å². The number of fused-ring (bicyclic) bond motifs is 1. The van der Waals surface area contributed by atoms with E-state index in [-0.39, 0.29) is 21.2 Å². The standard InChI is InChI=1S/C15H14Cl2N2O5/c1-7(13(21)18(2)3)24-12(20)6-19-14(22)8-4-10(16)11(17)5-9(8)15(19)23/h4-5,7H,6H2,1-3H3/t7-/m0/s1. The van der Waals surface area contributed by atoms with Crippen molar-refractivity contribution in [1.29, 1.82) is 0 Å². The predicted molar refractivity (Wildman–Crippen MR) is 86.1 cm³/mol. The molecular weight excluding hydrogens is 359 g/mol. The zero-order valence-corrected chi connectivity index (χ0v) is 14.6. The Labute approximate surface area is 148 Å². The minimum absolute atomic E-state index is 0.0691. The van der Waals surface area contributed by atoms with Crippen molar-refractivity contribution in [2.75, 3.05) is 20.6 Å². The second kappa shape index (κ2) is 6.78. The van der Waals surface area contributed by atoms with Crippen LogP contribution in [-0.2, 0) is 14.3 Å². The molecule has 0 radical (unpaired) electrons. The molecule has 24 heavy (non-hydrogen) atoms. The Morgan fingerprint density at radius 1 is 1.12 bits per heavy atom. The zero-order valence-electron chi connectivity index (χ0n) is 13.1. The van der Waals surface area contributed by atoms with E-state index < -0.39 is 36.3 Å². The van der Waals surface area contributed by atoms with Crippen molar-refractivity contribution in [3.8, 4) is 0 Å². The lowest BCUT2D eigenvalue weighted by atomic mass is 10.1. The van der Waals surface area contributed by atoms with Crippen LogP contribution in [0.3, 0.4) is 0 Å². The van der Waals surface area contributed by atoms with Gasteiger partial charge in [0.25, 0.3) is 17.7 Å². The number of hydrogen-bond donors (Lipinski definition) is 0. The Morgan fingerprint density at radius 3 is 2.00 bits per heavy atom. The third-order valence-corrected chi connectivity index (χ3v) is 4.12. The molecule has 0 N–H and O–H groups in total. The van der Waals surface area contributed by atoms with E-state index >= 15 is 0 Å². The lowest BCUT2D eigenvalue weighted by Gasteiger charge is -2.19. The lowest BCUT2D eigenvalue weighted by molar-refractivity contribution is -0.158. The van der Waals surface area contributed by atoms with E-state index in [1.54, 1.807) is 0 Å². The van der Waals surface area contributed by atoms with Gasteiger partial charge in [0.2, 0.25) is 0 Å². The lowest BCUT2D eigenvalue weighted by Crippen LogP contribution is -2.40. The highest BCUT2D eigenvalue weighted by Crippen LogP contribution is 2.31. The first kappa shape index (κ1) is 18.2. The summed E-state index contributed by atoms with van der Waals surface area (Å²) in [4.78, 5) is 50.1. The van der Waals surface area contributed by atoms with Gasteiger partial charge in [0.1, 0.15) is 6.54 Å². The van der Waals surface area contributed by atoms with Gasteiger partial charge in [0, 0.05) is 14.1 Å². The van der Waals surface area contributed by atoms with E-state index in [1.165, 1.54) is 38.1 Å². The molecule has 0 bridgehead atoms. The van der Waals surface area contributed by atoms with Gasteiger partial charge in [-0.05, 0) is 19.1 Å². The molecule has 0 aliphatic carbocycles. The van der Waals surface area contributed by atoms with Crippen LogP contribution in [-0.4, -0.2) is 60.2 Å². The highest BCUT2D eigenvalue weighted by molar-refractivity contribution is 6.43. The molecule has 0 saturated carbocycles. The number of halogens is 2. The van der Waals surface area contributed by atoms with Crippen molar-refractivity contribution in [3.63, 3.8) is 0 Å². The van der Waals surface area contributed by atoms with Crippen molar-refractivity contribution < 1.29 is 23.9 Å². The van der Waals surface area contributed by atoms with Crippen LogP contribution in [0.4, 0.5) is 0 Å². The molecule has 128 valence electrons. The van der Waals surface area contributed by atoms with E-state index in [0.29, 0.717) is 0 Å². The molecule has 2 rings (SSSR count). The number of imide groups is 1. The van der Waals surface area contributed by atoms with Gasteiger partial charge in [-0.25, -0.2) is 0 Å². The van der Waals surface area contributed by atoms with Crippen LogP contribution in [0.1, 0.15) is 27.6 Å². The monoisotopic (exact) mass is 372 g/mol. The Bertz CT molecular complexity index is 707. The molecule has 1 heterocycles. The summed E-state index contributed by atoms with van der Waals surface area (Å²) in [6.07, 6.45) is -1.02. The van der Waals surface area contributed by atoms with Gasteiger partial charge in [-0.3, -0.25) is 24.1 Å². The number of ether oxygens (including phenoxy) is 1. The summed E-state index contributed by atoms with van der Waals surface area (Å²) in [6.45, 7) is 0.800. The number of esters is 1. The van der Waals surface area contributed by atoms with Crippen LogP contribution in [0.25, 0.3) is 0 Å². The Morgan fingerprint density at radius 2 is 1.58 bits per heavy atom. The maximum Gasteiger partial charge on any atom is 0.326 e. The summed E-state index contributed by atoms with van der Waals surface area (Å²) >= 11 is 11.7. The maximum atomic E-state index is 12.3. The highest BCUT2D eigenvalue weighted by atomic mass is 35.5. The number of rotatable bonds is 4. The minimum Gasteiger partial charge on any atom is -0.451 e. The molecule has 0 fully saturated rings. The van der Waals surface area contributed by atoms with E-state index in [9.17, 15) is 19.2 Å². The number of hydrogen-bond acceptors (Lipinski definition) is 5. The van der Waals surface area contributed by atoms with Crippen LogP contribution >= 0.6 is 23.2 Å². The fraction of sp³-hybridized carbons (Fsp3) is 0.333. The van der Waals surface area contributed by atoms with E-state index in [2.05, 4.69) is 0 Å². The van der Waals surface area contributed by atoms with Crippen molar-refractivity contribution in [3.05, 3.63) is 33.3 Å². The molecule has 7 nitrogen and oxygen atoms in total. The predicted octanol–water partition coefficient (Wildman–Crippen LogP) is 1.61. The smallest absolute Gasteiger partial charge is 0.326 e. The fourth-order valence-electron chi connectivity index (χ4n) is 2.20. The van der Waals surface area contributed by atoms with Gasteiger partial charge in [-0.1, -0.05) is 23.2 Å². The quantitative estimate of drug-likeness (QED) is 0.592. The van der Waals surface area contributed by atoms with Crippen LogP contribution in [0.5, 0.6) is 0 Å². The molecule has 1 aromatic carbocycles. The second-order valence-corrected chi connectivity index (χ2v) is 6.19. The molecule has 9 heteroatoms. The summed E-state index contributed by atoms with van der Waals surface area (Å²) < 4.78 is 4.95. The molecule has 3 amide bonds. The fourth-order valence-corrected chi connectivity index (χ4v) is 2.53. The molecule has 0 spiro atoms. The molecule has 0 saturated heterocycles. The average molecular weight is 373 g/mol. The topological polar surface area (TPSA) is 84.0 Å². The van der Waals surface area contributed by atoms with Gasteiger partial charge < -0.3 is 9.64 Å². The van der Waals surface area contributed by atoms with Gasteiger partial charge in [0.15, 0.2) is 6.10 Å². The Hall–Kier alpha value is -2.12. The molecule has 1 aromatic rings. The van der Waals surface area contributed by atoms with E-state index in [4.69, 9.17) is 27.9 Å². The van der Waals surface area contributed by atoms with Crippen LogP contribution in [0.2, 0.25) is 10.0 Å². The third-order valence-electron chi connectivity index (χ3n) is 3.40.